The van der Waals surface area contributed by atoms with Crippen LogP contribution in [0.3, 0.4) is 0 Å². The minimum Gasteiger partial charge on any atom is -0.456 e. The summed E-state index contributed by atoms with van der Waals surface area (Å²) in [6, 6.07) is 53.5. The van der Waals surface area contributed by atoms with Gasteiger partial charge in [-0.25, -0.2) is 15.0 Å². The summed E-state index contributed by atoms with van der Waals surface area (Å²) in [5.41, 5.74) is 13.5. The SMILES string of the molecule is C1=Cc2cccc(-n3c4c(c5ccc(-c6nc(-c7ccccc7)nc(-c7ccc8c(c7)oc7ccccc78)n6)cc53)CC(c3cccc5ccccc35)C=C4)c2CC1. The van der Waals surface area contributed by atoms with Crippen LogP contribution in [0.5, 0.6) is 0 Å². The lowest BCUT2D eigenvalue weighted by atomic mass is 9.84. The molecule has 5 nitrogen and oxygen atoms in total. The summed E-state index contributed by atoms with van der Waals surface area (Å²) >= 11 is 0. The van der Waals surface area contributed by atoms with Crippen LogP contribution in [0.15, 0.2) is 168 Å². The summed E-state index contributed by atoms with van der Waals surface area (Å²) in [5, 5.41) is 6.02. The van der Waals surface area contributed by atoms with E-state index < -0.39 is 0 Å². The molecule has 1 unspecified atom stereocenters. The van der Waals surface area contributed by atoms with Crippen LogP contribution in [0.2, 0.25) is 0 Å². The predicted octanol–water partition coefficient (Wildman–Crippen LogP) is 13.2. The lowest BCUT2D eigenvalue weighted by Gasteiger charge is -2.22. The summed E-state index contributed by atoms with van der Waals surface area (Å²) in [6.45, 7) is 0. The Hall–Kier alpha value is -7.37. The molecule has 0 saturated carbocycles. The number of para-hydroxylation sites is 1. The number of aromatic nitrogens is 4. The number of furan rings is 1. The molecular weight excluding hydrogens is 709 g/mol. The highest BCUT2D eigenvalue weighted by molar-refractivity contribution is 6.05. The lowest BCUT2D eigenvalue weighted by Crippen LogP contribution is -2.09. The Morgan fingerprint density at radius 1 is 0.534 bits per heavy atom. The second-order valence-electron chi connectivity index (χ2n) is 15.4. The second-order valence-corrected chi connectivity index (χ2v) is 15.4. The molecular formula is C53H36N4O. The third kappa shape index (κ3) is 5.27. The quantitative estimate of drug-likeness (QED) is 0.176. The van der Waals surface area contributed by atoms with Crippen LogP contribution in [0.25, 0.3) is 95.6 Å². The summed E-state index contributed by atoms with van der Waals surface area (Å²) in [6.07, 6.45) is 12.3. The third-order valence-corrected chi connectivity index (χ3v) is 12.1. The van der Waals surface area contributed by atoms with Crippen molar-refractivity contribution >= 4 is 55.8 Å². The van der Waals surface area contributed by atoms with E-state index in [0.29, 0.717) is 17.5 Å². The van der Waals surface area contributed by atoms with Gasteiger partial charge in [0.05, 0.1) is 5.52 Å². The van der Waals surface area contributed by atoms with Gasteiger partial charge in [-0.1, -0.05) is 140 Å². The summed E-state index contributed by atoms with van der Waals surface area (Å²) < 4.78 is 8.80. The number of rotatable bonds is 5. The van der Waals surface area contributed by atoms with Crippen molar-refractivity contribution in [3.63, 3.8) is 0 Å². The molecule has 0 bridgehead atoms. The van der Waals surface area contributed by atoms with Gasteiger partial charge in [-0.05, 0) is 88.7 Å². The van der Waals surface area contributed by atoms with Crippen molar-refractivity contribution in [3.8, 4) is 39.9 Å². The fourth-order valence-corrected chi connectivity index (χ4v) is 9.33. The first-order chi connectivity index (χ1) is 28.7. The van der Waals surface area contributed by atoms with Crippen molar-refractivity contribution in [2.75, 3.05) is 0 Å². The van der Waals surface area contributed by atoms with Crippen LogP contribution in [0.4, 0.5) is 0 Å². The molecule has 0 aliphatic heterocycles. The molecule has 7 aromatic carbocycles. The van der Waals surface area contributed by atoms with E-state index in [2.05, 4.69) is 144 Å². The molecule has 0 radical (unpaired) electrons. The number of nitrogens with zero attached hydrogens (tertiary/aromatic N) is 4. The highest BCUT2D eigenvalue weighted by Gasteiger charge is 2.27. The average Bonchev–Trinajstić information content (AvgIpc) is 3.83. The van der Waals surface area contributed by atoms with E-state index in [1.807, 2.05) is 36.4 Å². The van der Waals surface area contributed by atoms with Gasteiger partial charge in [0.15, 0.2) is 17.5 Å². The van der Waals surface area contributed by atoms with Gasteiger partial charge in [-0.2, -0.15) is 0 Å². The first-order valence-corrected chi connectivity index (χ1v) is 20.1. The van der Waals surface area contributed by atoms with Crippen LogP contribution in [0.1, 0.15) is 40.3 Å². The van der Waals surface area contributed by atoms with E-state index in [1.165, 1.54) is 49.8 Å². The second kappa shape index (κ2) is 13.1. The normalized spacial score (nSPS) is 14.7. The molecule has 10 aromatic rings. The maximum absolute atomic E-state index is 6.30. The highest BCUT2D eigenvalue weighted by Crippen LogP contribution is 2.42. The van der Waals surface area contributed by atoms with Crippen molar-refractivity contribution in [2.45, 2.75) is 25.2 Å². The Morgan fingerprint density at radius 2 is 1.24 bits per heavy atom. The van der Waals surface area contributed by atoms with Gasteiger partial charge in [-0.15, -0.1) is 0 Å². The fraction of sp³-hybridized carbons (Fsp3) is 0.0755. The highest BCUT2D eigenvalue weighted by atomic mass is 16.3. The number of fused-ring (bicyclic) bond motifs is 8. The Morgan fingerprint density at radius 3 is 2.12 bits per heavy atom. The number of hydrogen-bond acceptors (Lipinski definition) is 4. The smallest absolute Gasteiger partial charge is 0.164 e. The Bertz CT molecular complexity index is 3330. The van der Waals surface area contributed by atoms with Crippen LogP contribution in [-0.2, 0) is 12.8 Å². The molecule has 0 N–H and O–H groups in total. The predicted molar refractivity (Wildman–Crippen MR) is 237 cm³/mol. The largest absolute Gasteiger partial charge is 0.456 e. The minimum absolute atomic E-state index is 0.258. The molecule has 3 aromatic heterocycles. The zero-order chi connectivity index (χ0) is 38.2. The van der Waals surface area contributed by atoms with Gasteiger partial charge in [0.1, 0.15) is 11.2 Å². The molecule has 274 valence electrons. The van der Waals surface area contributed by atoms with Crippen LogP contribution >= 0.6 is 0 Å². The van der Waals surface area contributed by atoms with Crippen molar-refractivity contribution in [3.05, 3.63) is 192 Å². The number of benzene rings is 7. The molecule has 0 amide bonds. The first-order valence-electron chi connectivity index (χ1n) is 20.1. The van der Waals surface area contributed by atoms with Crippen molar-refractivity contribution in [1.29, 1.82) is 0 Å². The van der Waals surface area contributed by atoms with E-state index in [-0.39, 0.29) is 5.92 Å². The van der Waals surface area contributed by atoms with Gasteiger partial charge in [-0.3, -0.25) is 0 Å². The zero-order valence-electron chi connectivity index (χ0n) is 31.6. The van der Waals surface area contributed by atoms with E-state index in [9.17, 15) is 0 Å². The van der Waals surface area contributed by atoms with E-state index in [1.54, 1.807) is 0 Å². The summed E-state index contributed by atoms with van der Waals surface area (Å²) in [4.78, 5) is 15.4. The molecule has 3 heterocycles. The monoisotopic (exact) mass is 744 g/mol. The molecule has 58 heavy (non-hydrogen) atoms. The molecule has 12 rings (SSSR count). The van der Waals surface area contributed by atoms with Gasteiger partial charge >= 0.3 is 0 Å². The number of allylic oxidation sites excluding steroid dienone is 2. The molecule has 0 spiro atoms. The zero-order valence-corrected chi connectivity index (χ0v) is 31.6. The maximum atomic E-state index is 6.30. The van der Waals surface area contributed by atoms with Gasteiger partial charge < -0.3 is 8.98 Å². The first kappa shape index (κ1) is 32.8. The third-order valence-electron chi connectivity index (χ3n) is 12.1. The van der Waals surface area contributed by atoms with Crippen molar-refractivity contribution < 1.29 is 4.42 Å². The van der Waals surface area contributed by atoms with Gasteiger partial charge in [0.2, 0.25) is 0 Å². The molecule has 2 aliphatic rings. The average molecular weight is 745 g/mol. The minimum atomic E-state index is 0.258. The van der Waals surface area contributed by atoms with Crippen molar-refractivity contribution in [2.24, 2.45) is 0 Å². The molecule has 2 aliphatic carbocycles. The van der Waals surface area contributed by atoms with Gasteiger partial charge in [0.25, 0.3) is 0 Å². The molecule has 0 saturated heterocycles. The Kier molecular flexibility index (Phi) is 7.42. The lowest BCUT2D eigenvalue weighted by molar-refractivity contribution is 0.669. The molecule has 0 fully saturated rings. The topological polar surface area (TPSA) is 56.7 Å². The fourth-order valence-electron chi connectivity index (χ4n) is 9.33. The van der Waals surface area contributed by atoms with E-state index >= 15 is 0 Å². The number of hydrogen-bond donors (Lipinski definition) is 0. The summed E-state index contributed by atoms with van der Waals surface area (Å²) in [7, 11) is 0. The van der Waals surface area contributed by atoms with E-state index in [0.717, 1.165) is 63.4 Å². The van der Waals surface area contributed by atoms with Gasteiger partial charge in [0, 0.05) is 50.1 Å². The molecule has 5 heteroatoms. The van der Waals surface area contributed by atoms with Crippen LogP contribution in [-0.4, -0.2) is 19.5 Å². The summed E-state index contributed by atoms with van der Waals surface area (Å²) in [5.74, 6) is 2.12. The van der Waals surface area contributed by atoms with Crippen LogP contribution in [0, 0.1) is 0 Å². The Labute approximate surface area is 335 Å². The van der Waals surface area contributed by atoms with E-state index in [4.69, 9.17) is 19.4 Å². The Balaban J connectivity index is 1.05. The van der Waals surface area contributed by atoms with Crippen molar-refractivity contribution in [1.82, 2.24) is 19.5 Å². The standard InChI is InChI=1S/C53H36N4O/c1-2-14-35(15-3-1)51-54-52(56-53(55-51)38-25-28-44-43-20-8-9-23-49(43)58-50(44)32-38)37-24-27-42-45-30-36(40-21-10-16-33-12-4-6-18-39(33)40)26-29-47(45)57(48(42)31-37)46-22-11-17-34-13-5-7-19-41(34)46/h1-6,8-18,20-29,31-32,36H,7,19,30H2. The maximum Gasteiger partial charge on any atom is 0.164 e. The molecule has 1 atom stereocenters. The van der Waals surface area contributed by atoms with Crippen LogP contribution < -0.4 is 0 Å².